The molecular formula is C20H20F2N4O. The molecule has 2 aromatic carbocycles. The maximum Gasteiger partial charge on any atom is 0.246 e. The molecule has 2 N–H and O–H groups in total. The number of halogens is 2. The number of aliphatic imine (C=N–C) groups is 1. The third-order valence-corrected chi connectivity index (χ3v) is 4.95. The average Bonchev–Trinajstić information content (AvgIpc) is 2.99. The van der Waals surface area contributed by atoms with E-state index in [9.17, 15) is 13.6 Å². The molecule has 0 aromatic heterocycles. The van der Waals surface area contributed by atoms with Crippen molar-refractivity contribution in [3.8, 4) is 0 Å². The molecule has 2 aliphatic heterocycles. The quantitative estimate of drug-likeness (QED) is 0.871. The Balaban J connectivity index is 1.61. The number of carbonyl (C=O) groups excluding carboxylic acids is 1. The van der Waals surface area contributed by atoms with Gasteiger partial charge in [-0.3, -0.25) is 9.79 Å². The Kier molecular flexibility index (Phi) is 4.30. The van der Waals surface area contributed by atoms with E-state index in [2.05, 4.69) is 20.5 Å². The van der Waals surface area contributed by atoms with E-state index < -0.39 is 11.6 Å². The SMILES string of the molecule is C[C@@H]1Nc2ccc(C3=NC[C@H](C)N3Cc3ccc(F)c(F)c3)cc2NC1=O. The van der Waals surface area contributed by atoms with Crippen LogP contribution in [0, 0.1) is 11.6 Å². The van der Waals surface area contributed by atoms with Crippen LogP contribution in [0.15, 0.2) is 41.4 Å². The summed E-state index contributed by atoms with van der Waals surface area (Å²) in [6.45, 7) is 4.89. The minimum Gasteiger partial charge on any atom is -0.372 e. The Hall–Kier alpha value is -2.96. The molecule has 0 aliphatic carbocycles. The predicted octanol–water partition coefficient (Wildman–Crippen LogP) is 3.37. The van der Waals surface area contributed by atoms with Crippen molar-refractivity contribution in [1.82, 2.24) is 4.90 Å². The molecular weight excluding hydrogens is 350 g/mol. The summed E-state index contributed by atoms with van der Waals surface area (Å²) in [5.41, 5.74) is 3.13. The molecule has 1 amide bonds. The van der Waals surface area contributed by atoms with Crippen molar-refractivity contribution in [2.75, 3.05) is 17.2 Å². The van der Waals surface area contributed by atoms with Gasteiger partial charge in [0, 0.05) is 18.2 Å². The number of nitrogens with one attached hydrogen (secondary N) is 2. The summed E-state index contributed by atoms with van der Waals surface area (Å²) in [4.78, 5) is 18.6. The van der Waals surface area contributed by atoms with Gasteiger partial charge in [0.15, 0.2) is 11.6 Å². The summed E-state index contributed by atoms with van der Waals surface area (Å²) in [6, 6.07) is 9.56. The number of fused-ring (bicyclic) bond motifs is 1. The van der Waals surface area contributed by atoms with Gasteiger partial charge in [0.25, 0.3) is 0 Å². The van der Waals surface area contributed by atoms with Crippen LogP contribution in [0.25, 0.3) is 0 Å². The number of amides is 1. The predicted molar refractivity (Wildman–Crippen MR) is 101 cm³/mol. The molecule has 0 bridgehead atoms. The van der Waals surface area contributed by atoms with E-state index in [-0.39, 0.29) is 18.0 Å². The Morgan fingerprint density at radius 3 is 2.70 bits per heavy atom. The summed E-state index contributed by atoms with van der Waals surface area (Å²) in [7, 11) is 0. The normalized spacial score (nSPS) is 21.4. The maximum absolute atomic E-state index is 13.6. The third kappa shape index (κ3) is 3.25. The number of rotatable bonds is 3. The zero-order valence-electron chi connectivity index (χ0n) is 15.1. The molecule has 0 radical (unpaired) electrons. The molecule has 7 heteroatoms. The van der Waals surface area contributed by atoms with Crippen molar-refractivity contribution in [1.29, 1.82) is 0 Å². The highest BCUT2D eigenvalue weighted by molar-refractivity contribution is 6.06. The number of amidine groups is 1. The van der Waals surface area contributed by atoms with Gasteiger partial charge >= 0.3 is 0 Å². The van der Waals surface area contributed by atoms with E-state index in [0.717, 1.165) is 23.2 Å². The number of hydrogen-bond acceptors (Lipinski definition) is 4. The molecule has 27 heavy (non-hydrogen) atoms. The van der Waals surface area contributed by atoms with Gasteiger partial charge in [-0.25, -0.2) is 8.78 Å². The standard InChI is InChI=1S/C20H20F2N4O/c1-11-9-23-19(26(11)10-13-3-5-15(21)16(22)7-13)14-4-6-17-18(8-14)25-20(27)12(2)24-17/h3-8,11-12,24H,9-10H2,1-2H3,(H,25,27)/t11-,12-/m0/s1. The first-order valence-corrected chi connectivity index (χ1v) is 8.89. The summed E-state index contributed by atoms with van der Waals surface area (Å²) >= 11 is 0. The lowest BCUT2D eigenvalue weighted by Crippen LogP contribution is -2.37. The van der Waals surface area contributed by atoms with E-state index in [4.69, 9.17) is 0 Å². The lowest BCUT2D eigenvalue weighted by Gasteiger charge is -2.28. The molecule has 2 atom stereocenters. The Bertz CT molecular complexity index is 944. The summed E-state index contributed by atoms with van der Waals surface area (Å²) in [5.74, 6) is -1.01. The second-order valence-corrected chi connectivity index (χ2v) is 7.01. The van der Waals surface area contributed by atoms with Gasteiger partial charge in [-0.05, 0) is 49.7 Å². The van der Waals surface area contributed by atoms with Gasteiger partial charge in [0.1, 0.15) is 11.9 Å². The van der Waals surface area contributed by atoms with Crippen LogP contribution in [-0.2, 0) is 11.3 Å². The van der Waals surface area contributed by atoms with Gasteiger partial charge in [-0.2, -0.15) is 0 Å². The van der Waals surface area contributed by atoms with Crippen LogP contribution in [0.5, 0.6) is 0 Å². The summed E-state index contributed by atoms with van der Waals surface area (Å²) < 4.78 is 26.8. The minimum absolute atomic E-state index is 0.0833. The van der Waals surface area contributed by atoms with Gasteiger partial charge < -0.3 is 15.5 Å². The van der Waals surface area contributed by atoms with Crippen LogP contribution < -0.4 is 10.6 Å². The fourth-order valence-electron chi connectivity index (χ4n) is 3.39. The first-order chi connectivity index (χ1) is 12.9. The molecule has 2 aliphatic rings. The topological polar surface area (TPSA) is 56.7 Å². The number of benzene rings is 2. The van der Waals surface area contributed by atoms with Crippen molar-refractivity contribution in [2.24, 2.45) is 4.99 Å². The van der Waals surface area contributed by atoms with Crippen molar-refractivity contribution in [3.05, 3.63) is 59.2 Å². The first-order valence-electron chi connectivity index (χ1n) is 8.89. The van der Waals surface area contributed by atoms with Crippen LogP contribution in [0.1, 0.15) is 25.0 Å². The zero-order valence-corrected chi connectivity index (χ0v) is 15.1. The Morgan fingerprint density at radius 1 is 1.11 bits per heavy atom. The molecule has 140 valence electrons. The zero-order chi connectivity index (χ0) is 19.1. The Labute approximate surface area is 156 Å². The molecule has 2 aromatic rings. The second-order valence-electron chi connectivity index (χ2n) is 7.01. The highest BCUT2D eigenvalue weighted by Gasteiger charge is 2.27. The third-order valence-electron chi connectivity index (χ3n) is 4.95. The van der Waals surface area contributed by atoms with E-state index in [1.807, 2.05) is 25.1 Å². The van der Waals surface area contributed by atoms with Gasteiger partial charge in [-0.1, -0.05) is 6.07 Å². The molecule has 0 saturated heterocycles. The maximum atomic E-state index is 13.6. The van der Waals surface area contributed by atoms with E-state index in [1.54, 1.807) is 13.0 Å². The smallest absolute Gasteiger partial charge is 0.246 e. The van der Waals surface area contributed by atoms with Crippen molar-refractivity contribution in [2.45, 2.75) is 32.5 Å². The van der Waals surface area contributed by atoms with Gasteiger partial charge in [0.2, 0.25) is 5.91 Å². The van der Waals surface area contributed by atoms with Gasteiger partial charge in [0.05, 0.1) is 17.9 Å². The van der Waals surface area contributed by atoms with E-state index >= 15 is 0 Å². The summed E-state index contributed by atoms with van der Waals surface area (Å²) in [5, 5.41) is 6.05. The van der Waals surface area contributed by atoms with Crippen LogP contribution in [0.2, 0.25) is 0 Å². The number of hydrogen-bond donors (Lipinski definition) is 2. The van der Waals surface area contributed by atoms with Crippen LogP contribution in [0.3, 0.4) is 0 Å². The minimum atomic E-state index is -0.853. The Morgan fingerprint density at radius 2 is 1.93 bits per heavy atom. The highest BCUT2D eigenvalue weighted by Crippen LogP contribution is 2.30. The van der Waals surface area contributed by atoms with Crippen LogP contribution >= 0.6 is 0 Å². The molecule has 0 unspecified atom stereocenters. The highest BCUT2D eigenvalue weighted by atomic mass is 19.2. The van der Waals surface area contributed by atoms with Crippen molar-refractivity contribution in [3.63, 3.8) is 0 Å². The molecule has 0 saturated carbocycles. The molecule has 4 rings (SSSR count). The van der Waals surface area contributed by atoms with Gasteiger partial charge in [-0.15, -0.1) is 0 Å². The molecule has 0 spiro atoms. The number of anilines is 2. The largest absolute Gasteiger partial charge is 0.372 e. The van der Waals surface area contributed by atoms with Crippen molar-refractivity contribution < 1.29 is 13.6 Å². The summed E-state index contributed by atoms with van der Waals surface area (Å²) in [6.07, 6.45) is 0. The molecule has 0 fully saturated rings. The van der Waals surface area contributed by atoms with Crippen LogP contribution in [-0.4, -0.2) is 35.3 Å². The van der Waals surface area contributed by atoms with Crippen LogP contribution in [0.4, 0.5) is 20.2 Å². The second kappa shape index (κ2) is 6.64. The lowest BCUT2D eigenvalue weighted by atomic mass is 10.1. The molecule has 2 heterocycles. The average molecular weight is 370 g/mol. The van der Waals surface area contributed by atoms with Crippen molar-refractivity contribution >= 4 is 23.1 Å². The molecule has 5 nitrogen and oxygen atoms in total. The fraction of sp³-hybridized carbons (Fsp3) is 0.300. The monoisotopic (exact) mass is 370 g/mol. The lowest BCUT2D eigenvalue weighted by molar-refractivity contribution is -0.116. The number of nitrogens with zero attached hydrogens (tertiary/aromatic N) is 2. The van der Waals surface area contributed by atoms with E-state index in [1.165, 1.54) is 6.07 Å². The first kappa shape index (κ1) is 17.5. The fourth-order valence-corrected chi connectivity index (χ4v) is 3.39. The number of carbonyl (C=O) groups is 1. The van der Waals surface area contributed by atoms with E-state index in [0.29, 0.717) is 24.3 Å².